The molecule has 1 unspecified atom stereocenters. The van der Waals surface area contributed by atoms with Crippen molar-refractivity contribution in [2.24, 2.45) is 17.3 Å². The van der Waals surface area contributed by atoms with E-state index in [1.165, 1.54) is 0 Å². The van der Waals surface area contributed by atoms with Crippen LogP contribution in [0.25, 0.3) is 0 Å². The number of aliphatic hydroxyl groups excluding tert-OH is 1. The maximum absolute atomic E-state index is 14.5. The molecule has 7 nitrogen and oxygen atoms in total. The van der Waals surface area contributed by atoms with E-state index in [9.17, 15) is 19.5 Å². The number of aliphatic hydroxyl groups is 1. The lowest BCUT2D eigenvalue weighted by molar-refractivity contribution is -0.146. The Balaban J connectivity index is 1.76. The molecule has 0 aromatic carbocycles. The number of carbonyl (C=O) groups excluding carboxylic acids is 3. The summed E-state index contributed by atoms with van der Waals surface area (Å²) in [5, 5.41) is 9.11. The number of amides is 3. The lowest BCUT2D eigenvalue weighted by Gasteiger charge is -2.44. The van der Waals surface area contributed by atoms with Crippen LogP contribution in [0.5, 0.6) is 0 Å². The van der Waals surface area contributed by atoms with Gasteiger partial charge in [0, 0.05) is 44.1 Å². The zero-order chi connectivity index (χ0) is 26.5. The van der Waals surface area contributed by atoms with Gasteiger partial charge in [0.2, 0.25) is 17.7 Å². The van der Waals surface area contributed by atoms with Gasteiger partial charge in [0.15, 0.2) is 0 Å². The van der Waals surface area contributed by atoms with Gasteiger partial charge in [0.25, 0.3) is 0 Å². The Morgan fingerprint density at radius 1 is 1.00 bits per heavy atom. The Bertz CT molecular complexity index is 955. The molecule has 4 heterocycles. The summed E-state index contributed by atoms with van der Waals surface area (Å²) in [7, 11) is 1.79. The summed E-state index contributed by atoms with van der Waals surface area (Å²) in [6.45, 7) is 12.4. The Kier molecular flexibility index (Phi) is 7.43. The molecule has 0 aliphatic carbocycles. The van der Waals surface area contributed by atoms with Gasteiger partial charge in [0.05, 0.1) is 16.6 Å². The zero-order valence-electron chi connectivity index (χ0n) is 22.7. The van der Waals surface area contributed by atoms with Crippen LogP contribution in [0.3, 0.4) is 0 Å². The normalized spacial score (nSPS) is 32.5. The molecule has 0 radical (unpaired) electrons. The fourth-order valence-corrected chi connectivity index (χ4v) is 9.02. The highest BCUT2D eigenvalue weighted by atomic mass is 32.2. The van der Waals surface area contributed by atoms with Crippen molar-refractivity contribution in [2.75, 3.05) is 33.3 Å². The van der Waals surface area contributed by atoms with Crippen LogP contribution in [0.1, 0.15) is 60.3 Å². The number of likely N-dealkylation sites (tertiary alicyclic amines) is 1. The largest absolute Gasteiger partial charge is 0.396 e. The van der Waals surface area contributed by atoms with Gasteiger partial charge in [-0.05, 0) is 44.9 Å². The summed E-state index contributed by atoms with van der Waals surface area (Å²) in [5.41, 5.74) is -0.356. The molecule has 0 bridgehead atoms. The number of likely N-dealkylation sites (N-methyl/N-ethyl adjacent to an activating group) is 1. The van der Waals surface area contributed by atoms with Crippen molar-refractivity contribution < 1.29 is 19.5 Å². The average molecular weight is 518 g/mol. The third-order valence-electron chi connectivity index (χ3n) is 8.11. The molecule has 0 saturated carbocycles. The highest BCUT2D eigenvalue weighted by Crippen LogP contribution is 2.61. The smallest absolute Gasteiger partial charge is 0.247 e. The summed E-state index contributed by atoms with van der Waals surface area (Å²) >= 11 is 1.64. The first-order chi connectivity index (χ1) is 16.8. The minimum absolute atomic E-state index is 0.0105. The van der Waals surface area contributed by atoms with Crippen LogP contribution in [0.2, 0.25) is 0 Å². The average Bonchev–Trinajstić information content (AvgIpc) is 3.08. The van der Waals surface area contributed by atoms with Gasteiger partial charge >= 0.3 is 0 Å². The topological polar surface area (TPSA) is 81.2 Å². The van der Waals surface area contributed by atoms with E-state index >= 15 is 0 Å². The number of unbranched alkanes of at least 4 members (excludes halogenated alkanes) is 2. The first-order valence-electron chi connectivity index (χ1n) is 13.3. The predicted octanol–water partition coefficient (Wildman–Crippen LogP) is 3.09. The molecule has 1 N–H and O–H groups in total. The van der Waals surface area contributed by atoms with Gasteiger partial charge in [-0.25, -0.2) is 0 Å². The van der Waals surface area contributed by atoms with Gasteiger partial charge in [-0.3, -0.25) is 14.4 Å². The highest BCUT2D eigenvalue weighted by molar-refractivity contribution is 8.02. The van der Waals surface area contributed by atoms with E-state index in [1.54, 1.807) is 28.6 Å². The maximum Gasteiger partial charge on any atom is 0.247 e. The van der Waals surface area contributed by atoms with Crippen molar-refractivity contribution in [3.05, 3.63) is 24.3 Å². The third-order valence-corrected chi connectivity index (χ3v) is 9.86. The molecule has 2 fully saturated rings. The van der Waals surface area contributed by atoms with Crippen molar-refractivity contribution in [3.63, 3.8) is 0 Å². The number of carbonyl (C=O) groups is 3. The molecular formula is C28H43N3O4S. The van der Waals surface area contributed by atoms with Crippen molar-refractivity contribution >= 4 is 29.5 Å². The van der Waals surface area contributed by atoms with Gasteiger partial charge < -0.3 is 19.8 Å². The second kappa shape index (κ2) is 9.82. The van der Waals surface area contributed by atoms with E-state index in [1.807, 2.05) is 11.0 Å². The molecule has 8 heteroatoms. The fraction of sp³-hybridized carbons (Fsp3) is 0.750. The lowest BCUT2D eigenvalue weighted by Crippen LogP contribution is -2.58. The molecule has 3 amide bonds. The quantitative estimate of drug-likeness (QED) is 0.415. The number of thioether (sulfide) groups is 1. The van der Waals surface area contributed by atoms with E-state index in [0.717, 1.165) is 19.3 Å². The molecule has 1 spiro atoms. The number of nitrogens with zero attached hydrogens (tertiary/aromatic N) is 3. The van der Waals surface area contributed by atoms with Crippen LogP contribution in [-0.2, 0) is 14.4 Å². The van der Waals surface area contributed by atoms with E-state index in [0.29, 0.717) is 26.1 Å². The second-order valence-corrected chi connectivity index (χ2v) is 14.2. The summed E-state index contributed by atoms with van der Waals surface area (Å²) in [6, 6.07) is -0.634. The molecule has 5 atom stereocenters. The fourth-order valence-electron chi connectivity index (χ4n) is 7.01. The Morgan fingerprint density at radius 3 is 2.39 bits per heavy atom. The summed E-state index contributed by atoms with van der Waals surface area (Å²) < 4.78 is -0.759. The molecule has 4 rings (SSSR count). The van der Waals surface area contributed by atoms with Gasteiger partial charge in [-0.1, -0.05) is 45.1 Å². The van der Waals surface area contributed by atoms with Gasteiger partial charge in [-0.2, -0.15) is 0 Å². The first-order valence-corrected chi connectivity index (χ1v) is 14.2. The van der Waals surface area contributed by atoms with Crippen LogP contribution in [0, 0.1) is 17.3 Å². The van der Waals surface area contributed by atoms with E-state index in [2.05, 4.69) is 52.8 Å². The number of hydrogen-bond acceptors (Lipinski definition) is 5. The Morgan fingerprint density at radius 2 is 1.72 bits per heavy atom. The molecule has 2 saturated heterocycles. The van der Waals surface area contributed by atoms with Crippen molar-refractivity contribution in [1.82, 2.24) is 14.7 Å². The second-order valence-electron chi connectivity index (χ2n) is 12.7. The van der Waals surface area contributed by atoms with Crippen molar-refractivity contribution in [3.8, 4) is 0 Å². The number of hydrogen-bond donors (Lipinski definition) is 1. The van der Waals surface area contributed by atoms with Crippen LogP contribution in [0.15, 0.2) is 24.3 Å². The Hall–Kier alpha value is -1.80. The van der Waals surface area contributed by atoms with Crippen LogP contribution in [-0.4, -0.2) is 92.4 Å². The van der Waals surface area contributed by atoms with E-state index < -0.39 is 28.2 Å². The van der Waals surface area contributed by atoms with Gasteiger partial charge in [-0.15, -0.1) is 11.8 Å². The monoisotopic (exact) mass is 517 g/mol. The number of fused-ring (bicyclic) bond motifs is 2. The summed E-state index contributed by atoms with van der Waals surface area (Å²) in [6.07, 6.45) is 11.3. The van der Waals surface area contributed by atoms with Gasteiger partial charge in [0.1, 0.15) is 6.04 Å². The Labute approximate surface area is 220 Å². The van der Waals surface area contributed by atoms with Crippen LogP contribution < -0.4 is 0 Å². The molecular weight excluding hydrogens is 474 g/mol. The number of rotatable bonds is 7. The molecule has 0 aromatic rings. The van der Waals surface area contributed by atoms with Crippen LogP contribution >= 0.6 is 11.8 Å². The maximum atomic E-state index is 14.5. The molecule has 0 aromatic heterocycles. The molecule has 200 valence electrons. The predicted molar refractivity (Wildman–Crippen MR) is 143 cm³/mol. The van der Waals surface area contributed by atoms with Crippen molar-refractivity contribution in [1.29, 1.82) is 0 Å². The SMILES string of the molecule is CN1CC=C[C@@H]2S[C@]34C=CCN(C(C)(C)CC(C)(C)C)C(=O)C3N(CCCCCO)C(=O)[C@@H]4[C@@H]2C1=O. The van der Waals surface area contributed by atoms with Crippen LogP contribution in [0.4, 0.5) is 0 Å². The van der Waals surface area contributed by atoms with E-state index in [-0.39, 0.29) is 35.0 Å². The highest BCUT2D eigenvalue weighted by Gasteiger charge is 2.71. The molecule has 4 aliphatic rings. The lowest BCUT2D eigenvalue weighted by atomic mass is 9.77. The summed E-state index contributed by atoms with van der Waals surface area (Å²) in [4.78, 5) is 47.6. The minimum Gasteiger partial charge on any atom is -0.396 e. The minimum atomic E-state index is -0.759. The standard InChI is InChI=1S/C28H43N3O4S/c1-26(2,3)18-27(4,5)31-16-11-13-28-21(20-19(36-28)12-10-14-29(6)23(20)33)24(34)30(22(28)25(31)35)15-8-7-9-17-32/h10-13,19-22,32H,7-9,14-18H2,1-6H3/t19-,20+,21-,22?,28-/m0/s1. The van der Waals surface area contributed by atoms with Crippen molar-refractivity contribution in [2.45, 2.75) is 81.9 Å². The van der Waals surface area contributed by atoms with E-state index in [4.69, 9.17) is 0 Å². The zero-order valence-corrected chi connectivity index (χ0v) is 23.5. The third kappa shape index (κ3) is 4.64. The molecule has 36 heavy (non-hydrogen) atoms. The molecule has 4 aliphatic heterocycles. The first kappa shape index (κ1) is 27.2. The summed E-state index contributed by atoms with van der Waals surface area (Å²) in [5.74, 6) is -1.12.